The summed E-state index contributed by atoms with van der Waals surface area (Å²) in [5.74, 6) is 0.841. The highest BCUT2D eigenvalue weighted by atomic mass is 79.9. The molecule has 2 aromatic heterocycles. The van der Waals surface area contributed by atoms with Gasteiger partial charge in [0, 0.05) is 16.0 Å². The van der Waals surface area contributed by atoms with Crippen molar-refractivity contribution < 1.29 is 0 Å². The monoisotopic (exact) mass is 482 g/mol. The van der Waals surface area contributed by atoms with Crippen LogP contribution >= 0.6 is 31.9 Å². The Morgan fingerprint density at radius 2 is 1.59 bits per heavy atom. The molecule has 0 radical (unpaired) electrons. The number of aryl methyl sites for hydroxylation is 1. The Kier molecular flexibility index (Phi) is 4.93. The minimum Gasteiger partial charge on any atom is -0.326 e. The number of halogens is 2. The molecular weight excluding hydrogens is 468 g/mol. The average Bonchev–Trinajstić information content (AvgIpc) is 3.02. The van der Waals surface area contributed by atoms with Gasteiger partial charge in [-0.2, -0.15) is 0 Å². The fourth-order valence-electron chi connectivity index (χ4n) is 2.96. The van der Waals surface area contributed by atoms with E-state index in [0.717, 1.165) is 48.6 Å². The number of benzene rings is 2. The van der Waals surface area contributed by atoms with Crippen LogP contribution in [0, 0.1) is 0 Å². The highest BCUT2D eigenvalue weighted by molar-refractivity contribution is 9.11. The summed E-state index contributed by atoms with van der Waals surface area (Å²) in [6.45, 7) is 1.97. The Bertz CT molecular complexity index is 1160. The second kappa shape index (κ2) is 7.37. The SMILES string of the molecule is CC(=Nc1c(Br)cccc1Br)c1cccc(-c2nc3ccccc3n2C)n1. The van der Waals surface area contributed by atoms with Gasteiger partial charge in [0.25, 0.3) is 0 Å². The zero-order chi connectivity index (χ0) is 19.0. The summed E-state index contributed by atoms with van der Waals surface area (Å²) < 4.78 is 3.93. The lowest BCUT2D eigenvalue weighted by Crippen LogP contribution is -2.02. The Morgan fingerprint density at radius 1 is 0.889 bits per heavy atom. The maximum absolute atomic E-state index is 4.81. The number of fused-ring (bicyclic) bond motifs is 1. The first-order chi connectivity index (χ1) is 13.0. The van der Waals surface area contributed by atoms with Crippen molar-refractivity contribution >= 4 is 54.3 Å². The van der Waals surface area contributed by atoms with Gasteiger partial charge < -0.3 is 4.57 Å². The van der Waals surface area contributed by atoms with E-state index in [0.29, 0.717) is 0 Å². The number of hydrogen-bond donors (Lipinski definition) is 0. The molecule has 4 rings (SSSR count). The number of imidazole rings is 1. The van der Waals surface area contributed by atoms with Gasteiger partial charge in [-0.05, 0) is 75.2 Å². The molecule has 2 heterocycles. The summed E-state index contributed by atoms with van der Waals surface area (Å²) in [4.78, 5) is 14.3. The van der Waals surface area contributed by atoms with E-state index in [2.05, 4.69) is 42.5 Å². The molecule has 0 unspecified atom stereocenters. The summed E-state index contributed by atoms with van der Waals surface area (Å²) in [5, 5.41) is 0. The van der Waals surface area contributed by atoms with E-state index >= 15 is 0 Å². The van der Waals surface area contributed by atoms with Gasteiger partial charge in [-0.15, -0.1) is 0 Å². The van der Waals surface area contributed by atoms with E-state index in [-0.39, 0.29) is 0 Å². The molecule has 0 amide bonds. The van der Waals surface area contributed by atoms with E-state index in [1.807, 2.05) is 68.6 Å². The van der Waals surface area contributed by atoms with Crippen LogP contribution in [0.3, 0.4) is 0 Å². The predicted octanol–water partition coefficient (Wildman–Crippen LogP) is 6.30. The summed E-state index contributed by atoms with van der Waals surface area (Å²) >= 11 is 7.12. The minimum absolute atomic E-state index is 0.821. The Morgan fingerprint density at radius 3 is 2.33 bits per heavy atom. The highest BCUT2D eigenvalue weighted by Crippen LogP contribution is 2.33. The van der Waals surface area contributed by atoms with Gasteiger partial charge in [0.1, 0.15) is 5.69 Å². The van der Waals surface area contributed by atoms with E-state index < -0.39 is 0 Å². The third-order valence-electron chi connectivity index (χ3n) is 4.35. The van der Waals surface area contributed by atoms with Crippen LogP contribution < -0.4 is 0 Å². The van der Waals surface area contributed by atoms with Gasteiger partial charge in [-0.1, -0.05) is 24.3 Å². The van der Waals surface area contributed by atoms with Crippen molar-refractivity contribution in [1.29, 1.82) is 0 Å². The summed E-state index contributed by atoms with van der Waals surface area (Å²) in [6, 6.07) is 19.9. The molecule has 0 N–H and O–H groups in total. The Hall–Kier alpha value is -2.31. The highest BCUT2D eigenvalue weighted by Gasteiger charge is 2.12. The van der Waals surface area contributed by atoms with Gasteiger partial charge in [0.15, 0.2) is 5.82 Å². The Balaban J connectivity index is 1.78. The van der Waals surface area contributed by atoms with Crippen LogP contribution in [-0.4, -0.2) is 20.2 Å². The van der Waals surface area contributed by atoms with Gasteiger partial charge in [-0.25, -0.2) is 15.0 Å². The fraction of sp³-hybridized carbons (Fsp3) is 0.0952. The minimum atomic E-state index is 0.821. The number of rotatable bonds is 3. The molecule has 0 atom stereocenters. The fourth-order valence-corrected chi connectivity index (χ4v) is 4.13. The predicted molar refractivity (Wildman–Crippen MR) is 118 cm³/mol. The van der Waals surface area contributed by atoms with Crippen molar-refractivity contribution in [1.82, 2.24) is 14.5 Å². The summed E-state index contributed by atoms with van der Waals surface area (Å²) in [5.41, 5.74) is 5.38. The Labute approximate surface area is 174 Å². The number of aliphatic imine (C=N–C) groups is 1. The first-order valence-electron chi connectivity index (χ1n) is 8.43. The molecule has 0 bridgehead atoms. The van der Waals surface area contributed by atoms with Crippen molar-refractivity contribution in [2.45, 2.75) is 6.92 Å². The molecule has 4 aromatic rings. The molecule has 0 aliphatic rings. The molecule has 27 heavy (non-hydrogen) atoms. The van der Waals surface area contributed by atoms with Crippen LogP contribution in [0.2, 0.25) is 0 Å². The van der Waals surface area contributed by atoms with E-state index in [9.17, 15) is 0 Å². The lowest BCUT2D eigenvalue weighted by molar-refractivity contribution is 0.949. The molecule has 4 nitrogen and oxygen atoms in total. The van der Waals surface area contributed by atoms with Gasteiger partial charge in [0.05, 0.1) is 28.1 Å². The molecule has 0 saturated carbocycles. The van der Waals surface area contributed by atoms with Crippen LogP contribution in [0.4, 0.5) is 5.69 Å². The number of aromatic nitrogens is 3. The van der Waals surface area contributed by atoms with Crippen molar-refractivity contribution in [3.63, 3.8) is 0 Å². The van der Waals surface area contributed by atoms with Crippen molar-refractivity contribution in [3.05, 3.63) is 75.3 Å². The smallest absolute Gasteiger partial charge is 0.159 e. The largest absolute Gasteiger partial charge is 0.326 e. The molecule has 134 valence electrons. The number of nitrogens with zero attached hydrogens (tertiary/aromatic N) is 4. The lowest BCUT2D eigenvalue weighted by atomic mass is 10.2. The first-order valence-corrected chi connectivity index (χ1v) is 10.0. The third-order valence-corrected chi connectivity index (χ3v) is 5.63. The summed E-state index contributed by atoms with van der Waals surface area (Å²) in [7, 11) is 2.01. The van der Waals surface area contributed by atoms with Gasteiger partial charge in [0.2, 0.25) is 0 Å². The van der Waals surface area contributed by atoms with Crippen LogP contribution in [0.15, 0.2) is 74.6 Å². The van der Waals surface area contributed by atoms with E-state index in [1.54, 1.807) is 0 Å². The van der Waals surface area contributed by atoms with Gasteiger partial charge in [-0.3, -0.25) is 0 Å². The molecule has 2 aromatic carbocycles. The van der Waals surface area contributed by atoms with Gasteiger partial charge >= 0.3 is 0 Å². The van der Waals surface area contributed by atoms with Crippen molar-refractivity contribution in [2.24, 2.45) is 12.0 Å². The molecule has 6 heteroatoms. The average molecular weight is 484 g/mol. The van der Waals surface area contributed by atoms with Crippen LogP contribution in [-0.2, 0) is 7.05 Å². The lowest BCUT2D eigenvalue weighted by Gasteiger charge is -2.07. The number of pyridine rings is 1. The zero-order valence-electron chi connectivity index (χ0n) is 14.8. The number of hydrogen-bond acceptors (Lipinski definition) is 3. The van der Waals surface area contributed by atoms with Crippen molar-refractivity contribution in [2.75, 3.05) is 0 Å². The topological polar surface area (TPSA) is 43.1 Å². The second-order valence-corrected chi connectivity index (χ2v) is 7.87. The quantitative estimate of drug-likeness (QED) is 0.321. The van der Waals surface area contributed by atoms with Crippen molar-refractivity contribution in [3.8, 4) is 11.5 Å². The standard InChI is InChI=1S/C21H16Br2N4/c1-13(24-20-14(22)7-5-8-15(20)23)16-10-6-11-18(25-16)21-26-17-9-3-4-12-19(17)27(21)2/h3-12H,1-2H3. The summed E-state index contributed by atoms with van der Waals surface area (Å²) in [6.07, 6.45) is 0. The maximum Gasteiger partial charge on any atom is 0.159 e. The molecule has 0 aliphatic heterocycles. The second-order valence-electron chi connectivity index (χ2n) is 6.16. The molecule has 0 saturated heterocycles. The third kappa shape index (κ3) is 3.47. The van der Waals surface area contributed by atoms with Crippen LogP contribution in [0.25, 0.3) is 22.6 Å². The molecule has 0 aliphatic carbocycles. The van der Waals surface area contributed by atoms with E-state index in [1.165, 1.54) is 0 Å². The molecule has 0 fully saturated rings. The van der Waals surface area contributed by atoms with E-state index in [4.69, 9.17) is 15.0 Å². The molecule has 0 spiro atoms. The number of para-hydroxylation sites is 3. The van der Waals surface area contributed by atoms with Crippen LogP contribution in [0.1, 0.15) is 12.6 Å². The maximum atomic E-state index is 4.81. The normalized spacial score (nSPS) is 11.9. The molecular formula is C21H16Br2N4. The first kappa shape index (κ1) is 18.1. The van der Waals surface area contributed by atoms with Crippen LogP contribution in [0.5, 0.6) is 0 Å². The zero-order valence-corrected chi connectivity index (χ0v) is 18.0.